The number of hydrogen-bond donors (Lipinski definition) is 2. The topological polar surface area (TPSA) is 92.4 Å². The first kappa shape index (κ1) is 17.2. The van der Waals surface area contributed by atoms with E-state index in [2.05, 4.69) is 26.2 Å². The Kier molecular flexibility index (Phi) is 6.34. The summed E-state index contributed by atoms with van der Waals surface area (Å²) < 4.78 is 6.57. The molecule has 0 saturated carbocycles. The third-order valence-corrected chi connectivity index (χ3v) is 3.84. The van der Waals surface area contributed by atoms with E-state index in [0.29, 0.717) is 31.0 Å². The molecule has 0 aliphatic heterocycles. The van der Waals surface area contributed by atoms with Crippen molar-refractivity contribution in [3.05, 3.63) is 40.8 Å². The van der Waals surface area contributed by atoms with Crippen LogP contribution in [0.4, 0.5) is 0 Å². The van der Waals surface area contributed by atoms with E-state index in [1.54, 1.807) is 6.20 Å². The number of carbonyl (C=O) groups excluding carboxylic acids is 1. The Labute approximate surface area is 142 Å². The second-order valence-corrected chi connectivity index (χ2v) is 5.80. The molecule has 0 bridgehead atoms. The van der Waals surface area contributed by atoms with Crippen LogP contribution in [0.3, 0.4) is 0 Å². The number of carbonyl (C=O) groups is 2. The highest BCUT2D eigenvalue weighted by Gasteiger charge is 2.10. The quantitative estimate of drug-likeness (QED) is 0.686. The molecule has 2 rings (SSSR count). The minimum absolute atomic E-state index is 0.0509. The van der Waals surface area contributed by atoms with Crippen molar-refractivity contribution in [1.82, 2.24) is 10.3 Å². The van der Waals surface area contributed by atoms with Crippen molar-refractivity contribution in [3.63, 3.8) is 0 Å². The molecule has 1 aromatic carbocycles. The number of aliphatic carboxylic acids is 1. The molecule has 1 aromatic heterocycles. The number of nitrogens with zero attached hydrogens (tertiary/aromatic N) is 1. The van der Waals surface area contributed by atoms with Crippen LogP contribution in [0.2, 0.25) is 0 Å². The summed E-state index contributed by atoms with van der Waals surface area (Å²) in [6.07, 6.45) is 2.76. The van der Waals surface area contributed by atoms with Crippen LogP contribution in [0, 0.1) is 0 Å². The van der Waals surface area contributed by atoms with Gasteiger partial charge in [0.2, 0.25) is 5.91 Å². The van der Waals surface area contributed by atoms with E-state index in [1.807, 2.05) is 24.3 Å². The summed E-state index contributed by atoms with van der Waals surface area (Å²) in [6.45, 7) is 0.360. The first-order valence-corrected chi connectivity index (χ1v) is 8.03. The van der Waals surface area contributed by atoms with E-state index < -0.39 is 5.97 Å². The molecule has 0 fully saturated rings. The predicted octanol–water partition coefficient (Wildman–Crippen LogP) is 3.02. The maximum atomic E-state index is 11.7. The normalized spacial score (nSPS) is 10.5. The zero-order valence-electron chi connectivity index (χ0n) is 12.4. The lowest BCUT2D eigenvalue weighted by molar-refractivity contribution is -0.137. The van der Waals surface area contributed by atoms with Crippen molar-refractivity contribution in [2.75, 3.05) is 6.54 Å². The number of aromatic nitrogens is 1. The van der Waals surface area contributed by atoms with Crippen LogP contribution in [-0.4, -0.2) is 28.5 Å². The predicted molar refractivity (Wildman–Crippen MR) is 87.8 cm³/mol. The maximum absolute atomic E-state index is 11.7. The summed E-state index contributed by atoms with van der Waals surface area (Å²) in [5.41, 5.74) is 0.907. The zero-order chi connectivity index (χ0) is 16.7. The molecule has 0 spiro atoms. The Morgan fingerprint density at radius 3 is 2.78 bits per heavy atom. The number of halogens is 1. The van der Waals surface area contributed by atoms with Crippen molar-refractivity contribution in [2.45, 2.75) is 25.7 Å². The number of benzene rings is 1. The van der Waals surface area contributed by atoms with Gasteiger partial charge in [0.25, 0.3) is 0 Å². The summed E-state index contributed by atoms with van der Waals surface area (Å²) >= 11 is 3.46. The number of nitrogens with one attached hydrogen (secondary N) is 1. The van der Waals surface area contributed by atoms with E-state index in [0.717, 1.165) is 10.0 Å². The van der Waals surface area contributed by atoms with Gasteiger partial charge in [-0.15, -0.1) is 0 Å². The van der Waals surface area contributed by atoms with Crippen LogP contribution in [0.5, 0.6) is 0 Å². The van der Waals surface area contributed by atoms with Crippen LogP contribution in [0.1, 0.15) is 25.2 Å². The monoisotopic (exact) mass is 380 g/mol. The number of oxazole rings is 1. The minimum Gasteiger partial charge on any atom is -0.481 e. The van der Waals surface area contributed by atoms with Gasteiger partial charge in [-0.1, -0.05) is 34.1 Å². The standard InChI is InChI=1S/C16H17BrN2O4/c17-12-5-2-1-4-11(12)13-10-19-15(23-13)8-7-14(20)18-9-3-6-16(21)22/h1-2,4-5,10H,3,6-9H2,(H,18,20)(H,21,22). The Bertz CT molecular complexity index is 684. The van der Waals surface area contributed by atoms with Gasteiger partial charge >= 0.3 is 5.97 Å². The molecule has 0 aliphatic carbocycles. The Morgan fingerprint density at radius 2 is 2.04 bits per heavy atom. The van der Waals surface area contributed by atoms with Gasteiger partial charge in [-0.3, -0.25) is 9.59 Å². The molecule has 0 radical (unpaired) electrons. The molecule has 0 aliphatic rings. The number of aryl methyl sites for hydroxylation is 1. The highest BCUT2D eigenvalue weighted by atomic mass is 79.9. The first-order valence-electron chi connectivity index (χ1n) is 7.24. The van der Waals surface area contributed by atoms with Gasteiger partial charge in [-0.05, 0) is 12.5 Å². The molecule has 0 atom stereocenters. The maximum Gasteiger partial charge on any atom is 0.303 e. The van der Waals surface area contributed by atoms with Crippen molar-refractivity contribution in [2.24, 2.45) is 0 Å². The molecule has 0 unspecified atom stereocenters. The van der Waals surface area contributed by atoms with Gasteiger partial charge in [0.15, 0.2) is 11.7 Å². The highest BCUT2D eigenvalue weighted by molar-refractivity contribution is 9.10. The van der Waals surface area contributed by atoms with Crippen LogP contribution in [0.25, 0.3) is 11.3 Å². The SMILES string of the molecule is O=C(O)CCCNC(=O)CCc1ncc(-c2ccccc2Br)o1. The van der Waals surface area contributed by atoms with Crippen LogP contribution < -0.4 is 5.32 Å². The fraction of sp³-hybridized carbons (Fsp3) is 0.312. The Hall–Kier alpha value is -2.15. The fourth-order valence-corrected chi connectivity index (χ4v) is 2.47. The summed E-state index contributed by atoms with van der Waals surface area (Å²) in [5.74, 6) is 0.139. The summed E-state index contributed by atoms with van der Waals surface area (Å²) in [5, 5.41) is 11.2. The van der Waals surface area contributed by atoms with Crippen molar-refractivity contribution in [3.8, 4) is 11.3 Å². The molecule has 2 N–H and O–H groups in total. The second-order valence-electron chi connectivity index (χ2n) is 4.95. The minimum atomic E-state index is -0.862. The molecular weight excluding hydrogens is 364 g/mol. The molecule has 0 saturated heterocycles. The highest BCUT2D eigenvalue weighted by Crippen LogP contribution is 2.28. The van der Waals surface area contributed by atoms with Gasteiger partial charge in [0.1, 0.15) is 0 Å². The molecule has 23 heavy (non-hydrogen) atoms. The molecule has 1 amide bonds. The van der Waals surface area contributed by atoms with Gasteiger partial charge in [-0.25, -0.2) is 4.98 Å². The number of hydrogen-bond acceptors (Lipinski definition) is 4. The van der Waals surface area contributed by atoms with E-state index >= 15 is 0 Å². The molecule has 1 heterocycles. The summed E-state index contributed by atoms with van der Waals surface area (Å²) in [6, 6.07) is 7.66. The van der Waals surface area contributed by atoms with Gasteiger partial charge in [0, 0.05) is 35.8 Å². The molecule has 2 aromatic rings. The van der Waals surface area contributed by atoms with E-state index in [1.165, 1.54) is 0 Å². The van der Waals surface area contributed by atoms with Crippen LogP contribution >= 0.6 is 15.9 Å². The van der Waals surface area contributed by atoms with Crippen LogP contribution in [-0.2, 0) is 16.0 Å². The molecular formula is C16H17BrN2O4. The average Bonchev–Trinajstić information content (AvgIpc) is 2.98. The van der Waals surface area contributed by atoms with Crippen molar-refractivity contribution >= 4 is 27.8 Å². The first-order chi connectivity index (χ1) is 11.1. The lowest BCUT2D eigenvalue weighted by Crippen LogP contribution is -2.25. The number of carboxylic acids is 1. The molecule has 7 heteroatoms. The third kappa shape index (κ3) is 5.52. The van der Waals surface area contributed by atoms with Crippen molar-refractivity contribution in [1.29, 1.82) is 0 Å². The summed E-state index contributed by atoms with van der Waals surface area (Å²) in [7, 11) is 0. The number of rotatable bonds is 8. The smallest absolute Gasteiger partial charge is 0.303 e. The average molecular weight is 381 g/mol. The van der Waals surface area contributed by atoms with Gasteiger partial charge in [-0.2, -0.15) is 0 Å². The van der Waals surface area contributed by atoms with Gasteiger partial charge < -0.3 is 14.8 Å². The van der Waals surface area contributed by atoms with E-state index in [-0.39, 0.29) is 18.7 Å². The largest absolute Gasteiger partial charge is 0.481 e. The van der Waals surface area contributed by atoms with E-state index in [4.69, 9.17) is 9.52 Å². The fourth-order valence-electron chi connectivity index (χ4n) is 1.99. The van der Waals surface area contributed by atoms with Gasteiger partial charge in [0.05, 0.1) is 6.20 Å². The lowest BCUT2D eigenvalue weighted by Gasteiger charge is -2.02. The summed E-state index contributed by atoms with van der Waals surface area (Å²) in [4.78, 5) is 26.2. The van der Waals surface area contributed by atoms with Crippen molar-refractivity contribution < 1.29 is 19.1 Å². The Morgan fingerprint density at radius 1 is 1.26 bits per heavy atom. The Balaban J connectivity index is 1.80. The second kappa shape index (κ2) is 8.47. The molecule has 122 valence electrons. The third-order valence-electron chi connectivity index (χ3n) is 3.15. The number of carboxylic acid groups (broad SMARTS) is 1. The molecule has 6 nitrogen and oxygen atoms in total. The lowest BCUT2D eigenvalue weighted by atomic mass is 10.2. The number of amides is 1. The zero-order valence-corrected chi connectivity index (χ0v) is 14.0. The van der Waals surface area contributed by atoms with E-state index in [9.17, 15) is 9.59 Å². The van der Waals surface area contributed by atoms with Crippen LogP contribution in [0.15, 0.2) is 39.4 Å².